The molecule has 27 heavy (non-hydrogen) atoms. The van der Waals surface area contributed by atoms with E-state index in [2.05, 4.69) is 10.6 Å². The monoisotopic (exact) mass is 380 g/mol. The zero-order chi connectivity index (χ0) is 19.2. The Labute approximate surface area is 161 Å². The number of benzene rings is 2. The Balaban J connectivity index is 1.60. The van der Waals surface area contributed by atoms with Crippen molar-refractivity contribution < 1.29 is 14.0 Å². The molecule has 1 heterocycles. The molecule has 0 saturated heterocycles. The molecule has 0 unspecified atom stereocenters. The minimum Gasteiger partial charge on any atom is -0.457 e. The average Bonchev–Trinajstić information content (AvgIpc) is 3.11. The first-order chi connectivity index (χ1) is 13.0. The second-order valence-corrected chi connectivity index (χ2v) is 6.23. The number of carbonyl (C=O) groups excluding carboxylic acids is 2. The first-order valence-corrected chi connectivity index (χ1v) is 8.60. The third-order valence-corrected chi connectivity index (χ3v) is 3.88. The molecular formula is C21H17ClN2O3. The maximum Gasteiger partial charge on any atom is 0.248 e. The van der Waals surface area contributed by atoms with E-state index >= 15 is 0 Å². The number of anilines is 2. The Morgan fingerprint density at radius 3 is 2.15 bits per heavy atom. The summed E-state index contributed by atoms with van der Waals surface area (Å²) in [7, 11) is 0. The molecule has 2 amide bonds. The van der Waals surface area contributed by atoms with Gasteiger partial charge >= 0.3 is 0 Å². The summed E-state index contributed by atoms with van der Waals surface area (Å²) in [5.74, 6) is 0.828. The van der Waals surface area contributed by atoms with Gasteiger partial charge in [0.15, 0.2) is 0 Å². The van der Waals surface area contributed by atoms with Crippen molar-refractivity contribution in [3.8, 4) is 11.3 Å². The van der Waals surface area contributed by atoms with Crippen molar-refractivity contribution >= 4 is 40.9 Å². The van der Waals surface area contributed by atoms with Crippen LogP contribution >= 0.6 is 11.6 Å². The van der Waals surface area contributed by atoms with E-state index in [4.69, 9.17) is 16.0 Å². The molecule has 0 spiro atoms. The molecule has 1 aromatic heterocycles. The molecule has 0 radical (unpaired) electrons. The second kappa shape index (κ2) is 8.38. The van der Waals surface area contributed by atoms with Gasteiger partial charge in [-0.05, 0) is 66.7 Å². The minimum atomic E-state index is -0.285. The summed E-state index contributed by atoms with van der Waals surface area (Å²) in [6.07, 6.45) is 2.99. The predicted molar refractivity (Wildman–Crippen MR) is 108 cm³/mol. The fraction of sp³-hybridized carbons (Fsp3) is 0.0476. The van der Waals surface area contributed by atoms with Crippen molar-refractivity contribution in [2.75, 3.05) is 10.6 Å². The minimum absolute atomic E-state index is 0.147. The van der Waals surface area contributed by atoms with Crippen LogP contribution in [0.25, 0.3) is 17.4 Å². The quantitative estimate of drug-likeness (QED) is 0.597. The summed E-state index contributed by atoms with van der Waals surface area (Å²) in [6, 6.07) is 17.8. The molecule has 136 valence electrons. The van der Waals surface area contributed by atoms with Crippen LogP contribution in [0.3, 0.4) is 0 Å². The number of amides is 2. The molecule has 2 aromatic carbocycles. The molecule has 0 saturated carbocycles. The highest BCUT2D eigenvalue weighted by atomic mass is 35.5. The highest BCUT2D eigenvalue weighted by Gasteiger charge is 2.04. The topological polar surface area (TPSA) is 71.3 Å². The number of carbonyl (C=O) groups is 2. The van der Waals surface area contributed by atoms with Crippen molar-refractivity contribution in [3.63, 3.8) is 0 Å². The van der Waals surface area contributed by atoms with Gasteiger partial charge in [-0.1, -0.05) is 11.6 Å². The van der Waals surface area contributed by atoms with Gasteiger partial charge in [0.2, 0.25) is 11.8 Å². The molecule has 0 aliphatic heterocycles. The van der Waals surface area contributed by atoms with E-state index < -0.39 is 0 Å². The van der Waals surface area contributed by atoms with E-state index in [-0.39, 0.29) is 11.8 Å². The van der Waals surface area contributed by atoms with Crippen molar-refractivity contribution in [2.45, 2.75) is 6.92 Å². The van der Waals surface area contributed by atoms with Gasteiger partial charge in [0, 0.05) is 35.0 Å². The van der Waals surface area contributed by atoms with Crippen LogP contribution in [-0.4, -0.2) is 11.8 Å². The number of nitrogens with one attached hydrogen (secondary N) is 2. The lowest BCUT2D eigenvalue weighted by Gasteiger charge is -2.05. The van der Waals surface area contributed by atoms with Gasteiger partial charge in [-0.3, -0.25) is 9.59 Å². The van der Waals surface area contributed by atoms with Gasteiger partial charge in [-0.15, -0.1) is 0 Å². The molecule has 0 bridgehead atoms. The molecule has 0 atom stereocenters. The molecule has 6 heteroatoms. The van der Waals surface area contributed by atoms with Crippen LogP contribution in [0.4, 0.5) is 11.4 Å². The maximum absolute atomic E-state index is 12.0. The predicted octanol–water partition coefficient (Wildman–Crippen LogP) is 5.21. The summed E-state index contributed by atoms with van der Waals surface area (Å²) < 4.78 is 5.71. The number of halogens is 1. The van der Waals surface area contributed by atoms with E-state index in [0.29, 0.717) is 27.9 Å². The van der Waals surface area contributed by atoms with Crippen molar-refractivity contribution in [1.82, 2.24) is 0 Å². The van der Waals surface area contributed by atoms with Crippen LogP contribution in [-0.2, 0) is 9.59 Å². The van der Waals surface area contributed by atoms with Crippen molar-refractivity contribution in [3.05, 3.63) is 77.5 Å². The van der Waals surface area contributed by atoms with Crippen LogP contribution < -0.4 is 10.6 Å². The standard InChI is InChI=1S/C21H17ClN2O3/c1-14(25)23-17-6-8-18(9-7-17)24-21(26)13-11-19-10-12-20(27-19)15-2-4-16(22)5-3-15/h2-13H,1H3,(H,23,25)(H,24,26). The third-order valence-electron chi connectivity index (χ3n) is 3.63. The number of hydrogen-bond donors (Lipinski definition) is 2. The third kappa shape index (κ3) is 5.33. The van der Waals surface area contributed by atoms with Gasteiger partial charge in [0.25, 0.3) is 0 Å². The van der Waals surface area contributed by atoms with Crippen LogP contribution in [0, 0.1) is 0 Å². The van der Waals surface area contributed by atoms with Gasteiger partial charge in [-0.25, -0.2) is 0 Å². The molecule has 5 nitrogen and oxygen atoms in total. The zero-order valence-corrected chi connectivity index (χ0v) is 15.3. The summed E-state index contributed by atoms with van der Waals surface area (Å²) in [5.41, 5.74) is 2.20. The smallest absolute Gasteiger partial charge is 0.248 e. The first-order valence-electron chi connectivity index (χ1n) is 8.22. The largest absolute Gasteiger partial charge is 0.457 e. The second-order valence-electron chi connectivity index (χ2n) is 5.79. The Hall–Kier alpha value is -3.31. The van der Waals surface area contributed by atoms with E-state index in [1.165, 1.54) is 13.0 Å². The van der Waals surface area contributed by atoms with Crippen LogP contribution in [0.1, 0.15) is 12.7 Å². The molecule has 0 aliphatic carbocycles. The Morgan fingerprint density at radius 1 is 0.889 bits per heavy atom. The molecule has 3 aromatic rings. The normalized spacial score (nSPS) is 10.7. The average molecular weight is 381 g/mol. The van der Waals surface area contributed by atoms with Gasteiger partial charge in [0.1, 0.15) is 11.5 Å². The fourth-order valence-corrected chi connectivity index (χ4v) is 2.52. The van der Waals surface area contributed by atoms with Gasteiger partial charge < -0.3 is 15.1 Å². The molecule has 2 N–H and O–H groups in total. The Kier molecular flexibility index (Phi) is 5.74. The van der Waals surface area contributed by atoms with E-state index in [0.717, 1.165) is 5.56 Å². The summed E-state index contributed by atoms with van der Waals surface area (Å²) in [6.45, 7) is 1.44. The Morgan fingerprint density at radius 2 is 1.52 bits per heavy atom. The van der Waals surface area contributed by atoms with Crippen molar-refractivity contribution in [2.24, 2.45) is 0 Å². The number of rotatable bonds is 5. The van der Waals surface area contributed by atoms with Gasteiger partial charge in [-0.2, -0.15) is 0 Å². The number of hydrogen-bond acceptors (Lipinski definition) is 3. The summed E-state index contributed by atoms with van der Waals surface area (Å²) in [4.78, 5) is 23.0. The highest BCUT2D eigenvalue weighted by Crippen LogP contribution is 2.24. The first kappa shape index (κ1) is 18.5. The van der Waals surface area contributed by atoms with E-state index in [9.17, 15) is 9.59 Å². The SMILES string of the molecule is CC(=O)Nc1ccc(NC(=O)C=Cc2ccc(-c3ccc(Cl)cc3)o2)cc1. The number of furan rings is 1. The van der Waals surface area contributed by atoms with Crippen LogP contribution in [0.5, 0.6) is 0 Å². The van der Waals surface area contributed by atoms with E-state index in [1.54, 1.807) is 48.5 Å². The lowest BCUT2D eigenvalue weighted by atomic mass is 10.2. The van der Waals surface area contributed by atoms with Gasteiger partial charge in [0.05, 0.1) is 0 Å². The van der Waals surface area contributed by atoms with Crippen LogP contribution in [0.15, 0.2) is 71.2 Å². The summed E-state index contributed by atoms with van der Waals surface area (Å²) >= 11 is 5.88. The zero-order valence-electron chi connectivity index (χ0n) is 14.5. The lowest BCUT2D eigenvalue weighted by molar-refractivity contribution is -0.114. The molecule has 0 aliphatic rings. The molecule has 0 fully saturated rings. The van der Waals surface area contributed by atoms with E-state index in [1.807, 2.05) is 18.2 Å². The Bertz CT molecular complexity index is 973. The lowest BCUT2D eigenvalue weighted by Crippen LogP contribution is -2.08. The fourth-order valence-electron chi connectivity index (χ4n) is 2.39. The highest BCUT2D eigenvalue weighted by molar-refractivity contribution is 6.30. The summed E-state index contributed by atoms with van der Waals surface area (Å²) in [5, 5.41) is 6.07. The molecule has 3 rings (SSSR count). The maximum atomic E-state index is 12.0. The van der Waals surface area contributed by atoms with Crippen LogP contribution in [0.2, 0.25) is 5.02 Å². The van der Waals surface area contributed by atoms with Crippen molar-refractivity contribution in [1.29, 1.82) is 0 Å². The molecular weight excluding hydrogens is 364 g/mol.